The van der Waals surface area contributed by atoms with Crippen LogP contribution in [0.4, 0.5) is 17.6 Å². The molecule has 0 radical (unpaired) electrons. The molecule has 0 bridgehead atoms. The molecule has 3 aliphatic heterocycles. The summed E-state index contributed by atoms with van der Waals surface area (Å²) in [6, 6.07) is 6.20. The number of cyclic esters (lactones) is 1. The van der Waals surface area contributed by atoms with E-state index in [0.29, 0.717) is 16.0 Å². The van der Waals surface area contributed by atoms with Crippen molar-refractivity contribution in [2.24, 2.45) is 0 Å². The number of benzene rings is 2. The molecule has 0 saturated carbocycles. The molecule has 4 aromatic rings. The van der Waals surface area contributed by atoms with Gasteiger partial charge in [-0.15, -0.1) is 0 Å². The van der Waals surface area contributed by atoms with Crippen LogP contribution in [0, 0.1) is 12.7 Å². The summed E-state index contributed by atoms with van der Waals surface area (Å²) in [5, 5.41) is 36.2. The van der Waals surface area contributed by atoms with Gasteiger partial charge in [0.05, 0.1) is 62.6 Å². The van der Waals surface area contributed by atoms with Gasteiger partial charge in [-0.25, -0.2) is 14.2 Å². The SMILES string of the molecule is [2H]C(OCNC(=O)CNC(=O)[C@H](Cc1ccccc1)NC(=O)CNC(=O)CNC(=O)C(CNCC(=O)O)N1C(=O)C=CC1=O)(C(=O)N[C@H]1CCc2c(C)c(F)cc3nc4c(c1c23)Cn1c-4cc2c(c1=O)COC(=O)[C@]2(O)CC)C(F)(F)F. The van der Waals surface area contributed by atoms with Crippen molar-refractivity contribution in [3.05, 3.63) is 110 Å². The fraction of sp³-hybridized carbons (Fsp3) is 0.385. The minimum atomic E-state index is -5.76. The number of amides is 8. The third kappa shape index (κ3) is 12.3. The maximum atomic E-state index is 15.5. The number of ether oxygens (including phenoxy) is 2. The van der Waals surface area contributed by atoms with E-state index in [4.69, 9.17) is 16.0 Å². The Morgan fingerprint density at radius 2 is 1.56 bits per heavy atom. The van der Waals surface area contributed by atoms with Crippen LogP contribution < -0.4 is 42.8 Å². The summed E-state index contributed by atoms with van der Waals surface area (Å²) in [5.41, 5.74) is -1.24. The largest absolute Gasteiger partial charge is 0.480 e. The van der Waals surface area contributed by atoms with E-state index in [9.17, 15) is 71.0 Å². The number of carbonyl (C=O) groups is 10. The normalized spacial score (nSPS) is 18.5. The molecular weight excluding hydrogens is 1080 g/mol. The molecule has 428 valence electrons. The predicted molar refractivity (Wildman–Crippen MR) is 269 cm³/mol. The van der Waals surface area contributed by atoms with Crippen LogP contribution in [0.25, 0.3) is 22.3 Å². The molecule has 2 aromatic carbocycles. The summed E-state index contributed by atoms with van der Waals surface area (Å²) in [6.45, 7) is -2.79. The predicted octanol–water partition coefficient (Wildman–Crippen LogP) is -1.30. The number of imide groups is 1. The van der Waals surface area contributed by atoms with Crippen molar-refractivity contribution in [3.63, 3.8) is 0 Å². The van der Waals surface area contributed by atoms with E-state index in [-0.39, 0.29) is 82.3 Å². The van der Waals surface area contributed by atoms with Gasteiger partial charge in [0, 0.05) is 47.7 Å². The van der Waals surface area contributed by atoms with Crippen molar-refractivity contribution in [2.45, 2.75) is 88.7 Å². The van der Waals surface area contributed by atoms with E-state index in [2.05, 4.69) is 36.9 Å². The third-order valence-electron chi connectivity index (χ3n) is 13.9. The molecule has 5 heterocycles. The topological polar surface area (TPSA) is 352 Å². The number of aromatic nitrogens is 2. The Morgan fingerprint density at radius 1 is 0.889 bits per heavy atom. The molecule has 9 N–H and O–H groups in total. The molecule has 81 heavy (non-hydrogen) atoms. The van der Waals surface area contributed by atoms with Gasteiger partial charge >= 0.3 is 18.1 Å². The van der Waals surface area contributed by atoms with Gasteiger partial charge in [0.25, 0.3) is 23.3 Å². The summed E-state index contributed by atoms with van der Waals surface area (Å²) in [4.78, 5) is 146. The standard InChI is InChI=1S/C52H52F4N10O15/c1-3-51(79)29-14-34-44-27(21-65(34)49(77)28(29)22-80-50(51)78)43-31(10-9-26-24(2)30(53)15-32(63-44)42(26)43)64-48(76)45(52(54,55)56)81-23-61-37(68)18-59-46(74)33(13-25-7-5-4-6-8-25)62-38(69)19-58-36(67)17-60-47(75)35(16-57-20-41(72)73)66-39(70)11-12-40(66)71/h4-8,11-12,14-15,31,33,35,45,57,79H,3,9-10,13,16-23H2,1-2H3,(H,58,67)(H,59,74)(H,60,75)(H,61,68)(H,62,69)(H,64,76)(H,72,73)/t31-,33-,35?,45?,51-/m0/s1/i45D. The molecule has 29 heteroatoms. The zero-order valence-electron chi connectivity index (χ0n) is 44.0. The molecule has 2 aromatic heterocycles. The number of carboxylic acids is 1. The van der Waals surface area contributed by atoms with Gasteiger partial charge in [0.2, 0.25) is 35.6 Å². The summed E-state index contributed by atoms with van der Waals surface area (Å²) in [6.07, 6.45) is -8.86. The Morgan fingerprint density at radius 3 is 2.22 bits per heavy atom. The summed E-state index contributed by atoms with van der Waals surface area (Å²) in [7, 11) is 0. The van der Waals surface area contributed by atoms with Gasteiger partial charge in [0.15, 0.2) is 5.60 Å². The van der Waals surface area contributed by atoms with Crippen LogP contribution in [0.5, 0.6) is 0 Å². The molecular formula is C52H52F4N10O15. The van der Waals surface area contributed by atoms with Crippen LogP contribution in [-0.4, -0.2) is 148 Å². The second-order valence-corrected chi connectivity index (χ2v) is 19.0. The number of nitrogens with zero attached hydrogens (tertiary/aromatic N) is 3. The van der Waals surface area contributed by atoms with Crippen LogP contribution >= 0.6 is 0 Å². The number of aliphatic carboxylic acids is 1. The van der Waals surface area contributed by atoms with Gasteiger partial charge in [0.1, 0.15) is 31.2 Å². The summed E-state index contributed by atoms with van der Waals surface area (Å²) < 4.78 is 79.6. The van der Waals surface area contributed by atoms with E-state index >= 15 is 4.39 Å². The average Bonchev–Trinajstić information content (AvgIpc) is 2.53. The van der Waals surface area contributed by atoms with E-state index in [1.54, 1.807) is 30.3 Å². The molecule has 0 saturated heterocycles. The molecule has 0 fully saturated rings. The van der Waals surface area contributed by atoms with E-state index in [1.165, 1.54) is 24.5 Å². The Hall–Kier alpha value is -8.96. The average molecular weight is 1130 g/mol. The zero-order valence-corrected chi connectivity index (χ0v) is 43.0. The number of carboxylic acid groups (broad SMARTS) is 1. The first-order valence-corrected chi connectivity index (χ1v) is 25.0. The van der Waals surface area contributed by atoms with Gasteiger partial charge in [-0.3, -0.25) is 52.8 Å². The van der Waals surface area contributed by atoms with Crippen LogP contribution in [0.1, 0.15) is 66.1 Å². The fourth-order valence-corrected chi connectivity index (χ4v) is 9.91. The Balaban J connectivity index is 0.899. The Bertz CT molecular complexity index is 3440. The van der Waals surface area contributed by atoms with Crippen molar-refractivity contribution >= 4 is 70.1 Å². The van der Waals surface area contributed by atoms with Crippen molar-refractivity contribution in [1.82, 2.24) is 51.7 Å². The number of pyridine rings is 2. The quantitative estimate of drug-likeness (QED) is 0.0168. The van der Waals surface area contributed by atoms with Crippen molar-refractivity contribution in [2.75, 3.05) is 39.5 Å². The zero-order chi connectivity index (χ0) is 59.6. The van der Waals surface area contributed by atoms with Crippen LogP contribution in [0.15, 0.2) is 59.4 Å². The smallest absolute Gasteiger partial charge is 0.423 e. The molecule has 25 nitrogen and oxygen atoms in total. The number of carbonyl (C=O) groups excluding carboxylic acids is 9. The highest BCUT2D eigenvalue weighted by atomic mass is 19.4. The maximum Gasteiger partial charge on any atom is 0.423 e. The monoisotopic (exact) mass is 1130 g/mol. The van der Waals surface area contributed by atoms with Crippen molar-refractivity contribution < 1.29 is 86.6 Å². The van der Waals surface area contributed by atoms with Crippen molar-refractivity contribution in [3.8, 4) is 11.4 Å². The molecule has 8 rings (SSSR count). The van der Waals surface area contributed by atoms with Gasteiger partial charge in [-0.1, -0.05) is 37.3 Å². The van der Waals surface area contributed by atoms with Crippen LogP contribution in [-0.2, 0) is 89.0 Å². The molecule has 8 amide bonds. The number of fused-ring (bicyclic) bond motifs is 5. The lowest BCUT2D eigenvalue weighted by Crippen LogP contribution is -2.56. The second kappa shape index (κ2) is 23.8. The highest BCUT2D eigenvalue weighted by molar-refractivity contribution is 6.15. The minimum absolute atomic E-state index is 0.0155. The minimum Gasteiger partial charge on any atom is -0.480 e. The molecule has 1 aliphatic carbocycles. The lowest BCUT2D eigenvalue weighted by Gasteiger charge is -2.31. The first-order chi connectivity index (χ1) is 38.8. The lowest BCUT2D eigenvalue weighted by atomic mass is 9.81. The molecule has 0 spiro atoms. The number of hydrogen-bond donors (Lipinski definition) is 9. The van der Waals surface area contributed by atoms with E-state index in [0.717, 1.165) is 18.2 Å². The highest BCUT2D eigenvalue weighted by Gasteiger charge is 2.49. The number of halogens is 4. The third-order valence-corrected chi connectivity index (χ3v) is 13.9. The number of esters is 1. The Kier molecular flexibility index (Phi) is 16.7. The first-order valence-electron chi connectivity index (χ1n) is 25.5. The first kappa shape index (κ1) is 56.7. The summed E-state index contributed by atoms with van der Waals surface area (Å²) >= 11 is 0. The fourth-order valence-electron chi connectivity index (χ4n) is 9.91. The lowest BCUT2D eigenvalue weighted by molar-refractivity contribution is -0.220. The Labute approximate surface area is 456 Å². The number of aryl methyl sites for hydroxylation is 1. The maximum absolute atomic E-state index is 15.5. The second-order valence-electron chi connectivity index (χ2n) is 19.0. The van der Waals surface area contributed by atoms with Gasteiger partial charge < -0.3 is 61.5 Å². The number of alkyl halides is 3. The number of rotatable bonds is 22. The number of hydrogen-bond acceptors (Lipinski definition) is 16. The van der Waals surface area contributed by atoms with E-state index in [1.807, 2.05) is 5.32 Å². The highest BCUT2D eigenvalue weighted by Crippen LogP contribution is 2.46. The van der Waals surface area contributed by atoms with E-state index < -0.39 is 153 Å². The van der Waals surface area contributed by atoms with Crippen LogP contribution in [0.3, 0.4) is 0 Å². The summed E-state index contributed by atoms with van der Waals surface area (Å²) in [5.74, 6) is -11.9. The van der Waals surface area contributed by atoms with Gasteiger partial charge in [-0.2, -0.15) is 13.2 Å². The number of nitrogens with one attached hydrogen (secondary N) is 7. The van der Waals surface area contributed by atoms with Crippen LogP contribution in [0.2, 0.25) is 0 Å². The molecule has 4 aliphatic rings. The number of aliphatic hydroxyl groups is 1. The van der Waals surface area contributed by atoms with Crippen molar-refractivity contribution in [1.29, 1.82) is 0 Å². The van der Waals surface area contributed by atoms with Gasteiger partial charge in [-0.05, 0) is 54.5 Å². The molecule has 5 atom stereocenters. The molecule has 2 unspecified atom stereocenters.